The highest BCUT2D eigenvalue weighted by Crippen LogP contribution is 2.26. The Kier molecular flexibility index (Phi) is 6.74. The number of carbonyl (C=O) groups excluding carboxylic acids is 2. The van der Waals surface area contributed by atoms with Gasteiger partial charge in [-0.1, -0.05) is 48.5 Å². The molecule has 0 atom stereocenters. The molecule has 0 spiro atoms. The summed E-state index contributed by atoms with van der Waals surface area (Å²) < 4.78 is 16.3. The van der Waals surface area contributed by atoms with Gasteiger partial charge in [0, 0.05) is 24.0 Å². The second-order valence-corrected chi connectivity index (χ2v) is 7.77. The van der Waals surface area contributed by atoms with Crippen LogP contribution in [0.25, 0.3) is 22.6 Å². The molecule has 6 nitrogen and oxygen atoms in total. The van der Waals surface area contributed by atoms with Gasteiger partial charge in [-0.05, 0) is 42.3 Å². The van der Waals surface area contributed by atoms with E-state index in [0.717, 1.165) is 33.8 Å². The van der Waals surface area contributed by atoms with E-state index in [1.54, 1.807) is 19.5 Å². The lowest BCUT2D eigenvalue weighted by molar-refractivity contribution is -0.152. The molecule has 0 unspecified atom stereocenters. The zero-order valence-electron chi connectivity index (χ0n) is 18.3. The molecule has 6 heteroatoms. The highest BCUT2D eigenvalue weighted by molar-refractivity contribution is 5.84. The molecule has 4 rings (SSSR count). The van der Waals surface area contributed by atoms with E-state index in [1.165, 1.54) is 0 Å². The normalized spacial score (nSPS) is 11.2. The molecule has 1 N–H and O–H groups in total. The van der Waals surface area contributed by atoms with Gasteiger partial charge in [0.2, 0.25) is 6.41 Å². The van der Waals surface area contributed by atoms with Gasteiger partial charge in [0.1, 0.15) is 17.1 Å². The summed E-state index contributed by atoms with van der Waals surface area (Å²) in [4.78, 5) is 24.7. The van der Waals surface area contributed by atoms with Gasteiger partial charge in [-0.25, -0.2) is 4.79 Å². The fourth-order valence-corrected chi connectivity index (χ4v) is 3.91. The van der Waals surface area contributed by atoms with E-state index in [1.807, 2.05) is 72.8 Å². The van der Waals surface area contributed by atoms with Crippen molar-refractivity contribution < 1.29 is 23.2 Å². The van der Waals surface area contributed by atoms with Gasteiger partial charge < -0.3 is 18.9 Å². The first-order valence-electron chi connectivity index (χ1n) is 10.8. The lowest BCUT2D eigenvalue weighted by atomic mass is 9.84. The highest BCUT2D eigenvalue weighted by atomic mass is 16.5. The SMILES string of the molecule is CCOC(=O)C(Cc1ccc(-c2ccco2)cc1)(Cc1ccc(-c2ccco2)cc1)NC=O. The summed E-state index contributed by atoms with van der Waals surface area (Å²) >= 11 is 0. The standard InChI is InChI=1S/C27H25NO5/c1-2-31-26(30)27(28-19-29,17-20-7-11-22(12-8-20)24-5-3-15-32-24)18-21-9-13-23(14-10-21)25-6-4-16-33-25/h3-16,19H,2,17-18H2,1H3,(H,28,29). The van der Waals surface area contributed by atoms with Crippen LogP contribution in [0.4, 0.5) is 0 Å². The number of rotatable bonds is 10. The summed E-state index contributed by atoms with van der Waals surface area (Å²) in [5, 5.41) is 2.77. The van der Waals surface area contributed by atoms with Crippen molar-refractivity contribution in [3.8, 4) is 22.6 Å². The maximum Gasteiger partial charge on any atom is 0.332 e. The van der Waals surface area contributed by atoms with Gasteiger partial charge in [-0.15, -0.1) is 0 Å². The molecular weight excluding hydrogens is 418 g/mol. The molecule has 0 aliphatic heterocycles. The third-order valence-electron chi connectivity index (χ3n) is 5.53. The number of carbonyl (C=O) groups is 2. The van der Waals surface area contributed by atoms with Gasteiger partial charge in [0.15, 0.2) is 0 Å². The van der Waals surface area contributed by atoms with E-state index in [-0.39, 0.29) is 19.4 Å². The van der Waals surface area contributed by atoms with E-state index >= 15 is 0 Å². The molecule has 4 aromatic rings. The Balaban J connectivity index is 1.61. The van der Waals surface area contributed by atoms with E-state index in [2.05, 4.69) is 5.32 Å². The van der Waals surface area contributed by atoms with Gasteiger partial charge >= 0.3 is 5.97 Å². The maximum atomic E-state index is 13.1. The van der Waals surface area contributed by atoms with E-state index in [0.29, 0.717) is 6.41 Å². The second kappa shape index (κ2) is 10.0. The predicted molar refractivity (Wildman–Crippen MR) is 124 cm³/mol. The van der Waals surface area contributed by atoms with Crippen LogP contribution in [0.5, 0.6) is 0 Å². The maximum absolute atomic E-state index is 13.1. The number of hydrogen-bond acceptors (Lipinski definition) is 5. The van der Waals surface area contributed by atoms with Gasteiger partial charge in [0.25, 0.3) is 0 Å². The second-order valence-electron chi connectivity index (χ2n) is 7.77. The smallest absolute Gasteiger partial charge is 0.332 e. The number of furan rings is 2. The van der Waals surface area contributed by atoms with E-state index in [9.17, 15) is 9.59 Å². The fraction of sp³-hybridized carbons (Fsp3) is 0.185. The van der Waals surface area contributed by atoms with Crippen molar-refractivity contribution in [2.45, 2.75) is 25.3 Å². The van der Waals surface area contributed by atoms with Crippen LogP contribution >= 0.6 is 0 Å². The number of nitrogens with one attached hydrogen (secondary N) is 1. The predicted octanol–water partition coefficient (Wildman–Crippen LogP) is 5.04. The average Bonchev–Trinajstić information content (AvgIpc) is 3.55. The Morgan fingerprint density at radius 2 is 1.33 bits per heavy atom. The van der Waals surface area contributed by atoms with Crippen LogP contribution in [0.1, 0.15) is 18.1 Å². The lowest BCUT2D eigenvalue weighted by Gasteiger charge is -2.31. The fourth-order valence-electron chi connectivity index (χ4n) is 3.91. The first kappa shape index (κ1) is 22.1. The number of amides is 1. The van der Waals surface area contributed by atoms with Crippen molar-refractivity contribution in [3.05, 3.63) is 96.4 Å². The van der Waals surface area contributed by atoms with Gasteiger partial charge in [-0.2, -0.15) is 0 Å². The Morgan fingerprint density at radius 3 is 1.70 bits per heavy atom. The number of hydrogen-bond donors (Lipinski definition) is 1. The Hall–Kier alpha value is -4.06. The third-order valence-corrected chi connectivity index (χ3v) is 5.53. The summed E-state index contributed by atoms with van der Waals surface area (Å²) in [6.07, 6.45) is 4.37. The minimum Gasteiger partial charge on any atom is -0.464 e. The summed E-state index contributed by atoms with van der Waals surface area (Å²) in [6, 6.07) is 22.9. The van der Waals surface area contributed by atoms with Crippen LogP contribution in [-0.4, -0.2) is 24.5 Å². The first-order valence-corrected chi connectivity index (χ1v) is 10.8. The summed E-state index contributed by atoms with van der Waals surface area (Å²) in [5.41, 5.74) is 2.40. The zero-order chi connectivity index (χ0) is 23.1. The molecule has 2 aromatic heterocycles. The number of benzene rings is 2. The minimum atomic E-state index is -1.24. The van der Waals surface area contributed by atoms with Crippen molar-refractivity contribution in [2.75, 3.05) is 6.61 Å². The topological polar surface area (TPSA) is 81.7 Å². The molecule has 33 heavy (non-hydrogen) atoms. The Morgan fingerprint density at radius 1 is 0.848 bits per heavy atom. The van der Waals surface area contributed by atoms with Crippen molar-refractivity contribution in [1.82, 2.24) is 5.32 Å². The summed E-state index contributed by atoms with van der Waals surface area (Å²) in [5.74, 6) is 1.06. The summed E-state index contributed by atoms with van der Waals surface area (Å²) in [6.45, 7) is 1.97. The number of ether oxygens (including phenoxy) is 1. The zero-order valence-corrected chi connectivity index (χ0v) is 18.3. The lowest BCUT2D eigenvalue weighted by Crippen LogP contribution is -2.56. The largest absolute Gasteiger partial charge is 0.464 e. The van der Waals surface area contributed by atoms with Gasteiger partial charge in [0.05, 0.1) is 19.1 Å². The molecule has 0 aliphatic rings. The molecule has 2 aromatic carbocycles. The van der Waals surface area contributed by atoms with Crippen LogP contribution in [0.15, 0.2) is 94.2 Å². The van der Waals surface area contributed by atoms with Crippen LogP contribution < -0.4 is 5.32 Å². The molecule has 0 fully saturated rings. The minimum absolute atomic E-state index is 0.218. The van der Waals surface area contributed by atoms with Crippen LogP contribution in [-0.2, 0) is 27.2 Å². The van der Waals surface area contributed by atoms with Crippen LogP contribution in [0, 0.1) is 0 Å². The molecule has 0 saturated heterocycles. The van der Waals surface area contributed by atoms with Crippen molar-refractivity contribution in [2.24, 2.45) is 0 Å². The monoisotopic (exact) mass is 443 g/mol. The van der Waals surface area contributed by atoms with Crippen molar-refractivity contribution in [1.29, 1.82) is 0 Å². The third kappa shape index (κ3) is 5.06. The number of esters is 1. The van der Waals surface area contributed by atoms with Crippen molar-refractivity contribution in [3.63, 3.8) is 0 Å². The molecule has 0 bridgehead atoms. The molecule has 0 aliphatic carbocycles. The molecule has 2 heterocycles. The van der Waals surface area contributed by atoms with E-state index in [4.69, 9.17) is 13.6 Å². The summed E-state index contributed by atoms with van der Waals surface area (Å²) in [7, 11) is 0. The highest BCUT2D eigenvalue weighted by Gasteiger charge is 2.40. The first-order chi connectivity index (χ1) is 16.1. The molecular formula is C27H25NO5. The Bertz CT molecular complexity index is 1080. The average molecular weight is 443 g/mol. The molecule has 0 saturated carbocycles. The molecule has 1 amide bonds. The van der Waals surface area contributed by atoms with E-state index < -0.39 is 11.5 Å². The van der Waals surface area contributed by atoms with Crippen molar-refractivity contribution >= 4 is 12.4 Å². The van der Waals surface area contributed by atoms with Crippen LogP contribution in [0.2, 0.25) is 0 Å². The quantitative estimate of drug-likeness (QED) is 0.274. The van der Waals surface area contributed by atoms with Crippen LogP contribution in [0.3, 0.4) is 0 Å². The Labute approximate surface area is 192 Å². The molecule has 168 valence electrons. The van der Waals surface area contributed by atoms with Gasteiger partial charge in [-0.3, -0.25) is 4.79 Å². The molecule has 0 radical (unpaired) electrons.